The van der Waals surface area contributed by atoms with E-state index in [1.807, 2.05) is 12.1 Å². The molecule has 0 aromatic carbocycles. The first kappa shape index (κ1) is 20.3. The zero-order chi connectivity index (χ0) is 18.9. The van der Waals surface area contributed by atoms with E-state index in [0.29, 0.717) is 12.5 Å². The van der Waals surface area contributed by atoms with E-state index in [-0.39, 0.29) is 11.8 Å². The fourth-order valence-corrected chi connectivity index (χ4v) is 4.48. The molecular formula is C22H35N3O2. The average molecular weight is 374 g/mol. The molecule has 1 saturated carbocycles. The van der Waals surface area contributed by atoms with E-state index in [0.717, 1.165) is 50.9 Å². The van der Waals surface area contributed by atoms with E-state index in [4.69, 9.17) is 0 Å². The number of aromatic nitrogens is 1. The number of hydrogen-bond acceptors (Lipinski definition) is 4. The summed E-state index contributed by atoms with van der Waals surface area (Å²) in [5.74, 6) is 0.493. The SMILES string of the molecule is O=C(CCN1CCC(C(O)c2cccnc2)CC1)NC1CCCCCCC1. The summed E-state index contributed by atoms with van der Waals surface area (Å²) in [6.45, 7) is 2.74. The lowest BCUT2D eigenvalue weighted by atomic mass is 9.88. The number of piperidine rings is 1. The van der Waals surface area contributed by atoms with Gasteiger partial charge in [0.15, 0.2) is 0 Å². The Morgan fingerprint density at radius 1 is 1.15 bits per heavy atom. The quantitative estimate of drug-likeness (QED) is 0.802. The van der Waals surface area contributed by atoms with Gasteiger partial charge in [-0.3, -0.25) is 9.78 Å². The molecule has 2 heterocycles. The molecule has 2 fully saturated rings. The van der Waals surface area contributed by atoms with Crippen LogP contribution in [0.25, 0.3) is 0 Å². The van der Waals surface area contributed by atoms with E-state index in [1.54, 1.807) is 12.4 Å². The molecule has 0 bridgehead atoms. The van der Waals surface area contributed by atoms with Crippen molar-refractivity contribution in [1.29, 1.82) is 0 Å². The molecule has 2 aliphatic rings. The van der Waals surface area contributed by atoms with Gasteiger partial charge in [0.25, 0.3) is 0 Å². The number of hydrogen-bond donors (Lipinski definition) is 2. The molecule has 3 rings (SSSR count). The second-order valence-corrected chi connectivity index (χ2v) is 8.27. The van der Waals surface area contributed by atoms with Crippen LogP contribution >= 0.6 is 0 Å². The van der Waals surface area contributed by atoms with E-state index < -0.39 is 6.10 Å². The van der Waals surface area contributed by atoms with Gasteiger partial charge in [-0.1, -0.05) is 38.2 Å². The number of likely N-dealkylation sites (tertiary alicyclic amines) is 1. The standard InChI is InChI=1S/C22H35N3O2/c26-21(24-20-8-4-2-1-3-5-9-20)12-16-25-14-10-18(11-15-25)22(27)19-7-6-13-23-17-19/h6-7,13,17-18,20,22,27H,1-5,8-12,14-16H2,(H,24,26). The van der Waals surface area contributed by atoms with Gasteiger partial charge in [0.05, 0.1) is 6.10 Å². The van der Waals surface area contributed by atoms with Crippen molar-refractivity contribution in [2.45, 2.75) is 76.4 Å². The monoisotopic (exact) mass is 373 g/mol. The first-order chi connectivity index (χ1) is 13.2. The minimum Gasteiger partial charge on any atom is -0.388 e. The molecule has 0 radical (unpaired) electrons. The highest BCUT2D eigenvalue weighted by atomic mass is 16.3. The molecule has 1 saturated heterocycles. The molecular weight excluding hydrogens is 338 g/mol. The van der Waals surface area contributed by atoms with E-state index in [9.17, 15) is 9.90 Å². The minimum absolute atomic E-state index is 0.207. The number of amides is 1. The first-order valence-corrected chi connectivity index (χ1v) is 10.8. The van der Waals surface area contributed by atoms with Crippen LogP contribution in [-0.2, 0) is 4.79 Å². The Labute approximate surface area is 163 Å². The van der Waals surface area contributed by atoms with Crippen molar-refractivity contribution in [3.63, 3.8) is 0 Å². The topological polar surface area (TPSA) is 65.5 Å². The number of carbonyl (C=O) groups is 1. The van der Waals surface area contributed by atoms with E-state index in [1.165, 1.54) is 32.1 Å². The molecule has 1 aromatic heterocycles. The van der Waals surface area contributed by atoms with Gasteiger partial charge in [0.1, 0.15) is 0 Å². The summed E-state index contributed by atoms with van der Waals surface area (Å²) in [5, 5.41) is 13.8. The predicted molar refractivity (Wildman–Crippen MR) is 107 cm³/mol. The molecule has 1 unspecified atom stereocenters. The molecule has 150 valence electrons. The van der Waals surface area contributed by atoms with Crippen molar-refractivity contribution < 1.29 is 9.90 Å². The van der Waals surface area contributed by atoms with Gasteiger partial charge in [-0.15, -0.1) is 0 Å². The van der Waals surface area contributed by atoms with Crippen molar-refractivity contribution >= 4 is 5.91 Å². The van der Waals surface area contributed by atoms with Crippen LogP contribution in [0.4, 0.5) is 0 Å². The summed E-state index contributed by atoms with van der Waals surface area (Å²) < 4.78 is 0. The van der Waals surface area contributed by atoms with Crippen LogP contribution in [-0.4, -0.2) is 46.6 Å². The van der Waals surface area contributed by atoms with Crippen LogP contribution in [0.1, 0.15) is 75.9 Å². The highest BCUT2D eigenvalue weighted by Gasteiger charge is 2.26. The number of aliphatic hydroxyl groups is 1. The van der Waals surface area contributed by atoms with Crippen LogP contribution in [0.15, 0.2) is 24.5 Å². The third kappa shape index (κ3) is 6.58. The van der Waals surface area contributed by atoms with E-state index in [2.05, 4.69) is 15.2 Å². The van der Waals surface area contributed by atoms with Crippen LogP contribution < -0.4 is 5.32 Å². The second kappa shape index (κ2) is 10.8. The average Bonchev–Trinajstić information content (AvgIpc) is 2.69. The summed E-state index contributed by atoms with van der Waals surface area (Å²) in [6.07, 6.45) is 14.4. The van der Waals surface area contributed by atoms with Crippen molar-refractivity contribution in [2.75, 3.05) is 19.6 Å². The molecule has 1 aliphatic heterocycles. The van der Waals surface area contributed by atoms with Crippen molar-refractivity contribution in [3.8, 4) is 0 Å². The molecule has 0 spiro atoms. The smallest absolute Gasteiger partial charge is 0.221 e. The number of carbonyl (C=O) groups excluding carboxylic acids is 1. The Bertz CT molecular complexity index is 550. The highest BCUT2D eigenvalue weighted by Crippen LogP contribution is 2.30. The fourth-order valence-electron chi connectivity index (χ4n) is 4.48. The van der Waals surface area contributed by atoms with Crippen LogP contribution in [0.2, 0.25) is 0 Å². The lowest BCUT2D eigenvalue weighted by Crippen LogP contribution is -2.40. The van der Waals surface area contributed by atoms with Gasteiger partial charge in [-0.05, 0) is 56.3 Å². The summed E-state index contributed by atoms with van der Waals surface area (Å²) in [6, 6.07) is 4.21. The first-order valence-electron chi connectivity index (χ1n) is 10.8. The van der Waals surface area contributed by atoms with Crippen LogP contribution in [0.5, 0.6) is 0 Å². The minimum atomic E-state index is -0.427. The fraction of sp³-hybridized carbons (Fsp3) is 0.727. The summed E-state index contributed by atoms with van der Waals surface area (Å²) in [4.78, 5) is 18.8. The zero-order valence-corrected chi connectivity index (χ0v) is 16.5. The zero-order valence-electron chi connectivity index (χ0n) is 16.5. The van der Waals surface area contributed by atoms with E-state index >= 15 is 0 Å². The molecule has 2 N–H and O–H groups in total. The Hall–Kier alpha value is -1.46. The summed E-state index contributed by atoms with van der Waals surface area (Å²) in [7, 11) is 0. The molecule has 1 atom stereocenters. The van der Waals surface area contributed by atoms with Crippen molar-refractivity contribution in [3.05, 3.63) is 30.1 Å². The van der Waals surface area contributed by atoms with Crippen LogP contribution in [0.3, 0.4) is 0 Å². The third-order valence-corrected chi connectivity index (χ3v) is 6.23. The Morgan fingerprint density at radius 2 is 1.85 bits per heavy atom. The largest absolute Gasteiger partial charge is 0.388 e. The van der Waals surface area contributed by atoms with Gasteiger partial charge in [-0.2, -0.15) is 0 Å². The molecule has 1 amide bonds. The van der Waals surface area contributed by atoms with Crippen LogP contribution in [0, 0.1) is 5.92 Å². The van der Waals surface area contributed by atoms with Gasteiger partial charge in [-0.25, -0.2) is 0 Å². The Kier molecular flexibility index (Phi) is 8.09. The van der Waals surface area contributed by atoms with Crippen molar-refractivity contribution in [1.82, 2.24) is 15.2 Å². The molecule has 1 aromatic rings. The highest BCUT2D eigenvalue weighted by molar-refractivity contribution is 5.76. The molecule has 5 heteroatoms. The number of nitrogens with one attached hydrogen (secondary N) is 1. The molecule has 5 nitrogen and oxygen atoms in total. The van der Waals surface area contributed by atoms with Crippen molar-refractivity contribution in [2.24, 2.45) is 5.92 Å². The lowest BCUT2D eigenvalue weighted by Gasteiger charge is -2.34. The second-order valence-electron chi connectivity index (χ2n) is 8.27. The number of rotatable bonds is 6. The van der Waals surface area contributed by atoms with Gasteiger partial charge in [0.2, 0.25) is 5.91 Å². The maximum atomic E-state index is 12.3. The number of nitrogens with zero attached hydrogens (tertiary/aromatic N) is 2. The lowest BCUT2D eigenvalue weighted by molar-refractivity contribution is -0.122. The normalized spacial score (nSPS) is 22.0. The molecule has 1 aliphatic carbocycles. The van der Waals surface area contributed by atoms with Gasteiger partial charge in [0, 0.05) is 31.4 Å². The number of pyridine rings is 1. The maximum Gasteiger partial charge on any atom is 0.221 e. The number of aliphatic hydroxyl groups excluding tert-OH is 1. The summed E-state index contributed by atoms with van der Waals surface area (Å²) >= 11 is 0. The van der Waals surface area contributed by atoms with Gasteiger partial charge < -0.3 is 15.3 Å². The summed E-state index contributed by atoms with van der Waals surface area (Å²) in [5.41, 5.74) is 0.912. The van der Waals surface area contributed by atoms with Gasteiger partial charge >= 0.3 is 0 Å². The Morgan fingerprint density at radius 3 is 2.52 bits per heavy atom. The predicted octanol–water partition coefficient (Wildman–Crippen LogP) is 3.45. The third-order valence-electron chi connectivity index (χ3n) is 6.23. The maximum absolute atomic E-state index is 12.3. The Balaban J connectivity index is 1.34. The molecule has 27 heavy (non-hydrogen) atoms.